The molecule has 2 saturated heterocycles. The lowest BCUT2D eigenvalue weighted by Gasteiger charge is -2.40. The molecule has 1 aromatic carbocycles. The molecule has 3 heterocycles. The van der Waals surface area contributed by atoms with Gasteiger partial charge in [-0.1, -0.05) is 0 Å². The minimum atomic E-state index is -0.453. The third-order valence-electron chi connectivity index (χ3n) is 6.07. The van der Waals surface area contributed by atoms with E-state index in [1.165, 1.54) is 12.3 Å². The molecule has 9 nitrogen and oxygen atoms in total. The largest absolute Gasteiger partial charge is 0.497 e. The van der Waals surface area contributed by atoms with E-state index in [0.717, 1.165) is 43.9 Å². The Morgan fingerprint density at radius 3 is 2.42 bits per heavy atom. The highest BCUT2D eigenvalue weighted by Crippen LogP contribution is 2.26. The molecular weight excluding hydrogens is 398 g/mol. The molecule has 2 aliphatic heterocycles. The number of carbonyl (C=O) groups is 1. The Bertz CT molecular complexity index is 911. The number of benzene rings is 1. The van der Waals surface area contributed by atoms with Crippen molar-refractivity contribution in [2.75, 3.05) is 56.2 Å². The number of ether oxygens (including phenoxy) is 1. The van der Waals surface area contributed by atoms with Gasteiger partial charge in [0.25, 0.3) is 5.69 Å². The van der Waals surface area contributed by atoms with E-state index in [0.29, 0.717) is 25.5 Å². The van der Waals surface area contributed by atoms with E-state index in [-0.39, 0.29) is 17.5 Å². The lowest BCUT2D eigenvalue weighted by molar-refractivity contribution is -0.385. The maximum absolute atomic E-state index is 13.2. The predicted octanol–water partition coefficient (Wildman–Crippen LogP) is 2.56. The topological polar surface area (TPSA) is 92.0 Å². The fourth-order valence-corrected chi connectivity index (χ4v) is 4.30. The van der Waals surface area contributed by atoms with Crippen LogP contribution in [-0.4, -0.2) is 67.1 Å². The summed E-state index contributed by atoms with van der Waals surface area (Å²) in [4.78, 5) is 34.1. The first-order valence-corrected chi connectivity index (χ1v) is 10.6. The third-order valence-corrected chi connectivity index (χ3v) is 6.07. The second-order valence-electron chi connectivity index (χ2n) is 7.93. The number of nitro groups is 1. The lowest BCUT2D eigenvalue weighted by atomic mass is 9.96. The summed E-state index contributed by atoms with van der Waals surface area (Å²) < 4.78 is 5.22. The summed E-state index contributed by atoms with van der Waals surface area (Å²) in [6, 6.07) is 11.1. The molecule has 4 rings (SSSR count). The zero-order chi connectivity index (χ0) is 21.8. The Hall–Kier alpha value is -3.36. The number of aromatic nitrogens is 1. The van der Waals surface area contributed by atoms with Gasteiger partial charge in [0.05, 0.1) is 18.0 Å². The zero-order valence-electron chi connectivity index (χ0n) is 17.6. The van der Waals surface area contributed by atoms with Crippen LogP contribution in [0.25, 0.3) is 0 Å². The Labute approximate surface area is 181 Å². The number of hydrogen-bond donors (Lipinski definition) is 0. The lowest BCUT2D eigenvalue weighted by Crippen LogP contribution is -2.52. The van der Waals surface area contributed by atoms with Crippen LogP contribution in [0.15, 0.2) is 42.6 Å². The average Bonchev–Trinajstić information content (AvgIpc) is 2.84. The number of piperidine rings is 1. The first-order chi connectivity index (χ1) is 15.0. The van der Waals surface area contributed by atoms with Crippen LogP contribution >= 0.6 is 0 Å². The highest BCUT2D eigenvalue weighted by Gasteiger charge is 2.31. The molecule has 2 aromatic rings. The maximum atomic E-state index is 13.2. The van der Waals surface area contributed by atoms with Crippen molar-refractivity contribution in [3.63, 3.8) is 0 Å². The Morgan fingerprint density at radius 1 is 1.06 bits per heavy atom. The molecule has 0 radical (unpaired) electrons. The minimum absolute atomic E-state index is 0.0249. The fourth-order valence-electron chi connectivity index (χ4n) is 4.30. The summed E-state index contributed by atoms with van der Waals surface area (Å²) in [7, 11) is 1.66. The van der Waals surface area contributed by atoms with Gasteiger partial charge in [0.1, 0.15) is 17.8 Å². The molecule has 31 heavy (non-hydrogen) atoms. The number of nitrogens with zero attached hydrogens (tertiary/aromatic N) is 5. The van der Waals surface area contributed by atoms with Gasteiger partial charge < -0.3 is 19.4 Å². The van der Waals surface area contributed by atoms with Crippen LogP contribution in [0.3, 0.4) is 0 Å². The number of methoxy groups -OCH3 is 1. The molecule has 0 aliphatic carbocycles. The quantitative estimate of drug-likeness (QED) is 0.537. The highest BCUT2D eigenvalue weighted by atomic mass is 16.6. The van der Waals surface area contributed by atoms with Crippen LogP contribution in [0.4, 0.5) is 17.2 Å². The second-order valence-corrected chi connectivity index (χ2v) is 7.93. The van der Waals surface area contributed by atoms with Gasteiger partial charge in [-0.3, -0.25) is 14.9 Å². The van der Waals surface area contributed by atoms with Crippen LogP contribution in [0.1, 0.15) is 12.8 Å². The Balaban J connectivity index is 1.33. The molecule has 1 aromatic heterocycles. The second kappa shape index (κ2) is 9.20. The van der Waals surface area contributed by atoms with Gasteiger partial charge in [-0.15, -0.1) is 0 Å². The monoisotopic (exact) mass is 425 g/mol. The first-order valence-electron chi connectivity index (χ1n) is 10.6. The molecule has 2 fully saturated rings. The predicted molar refractivity (Wildman–Crippen MR) is 118 cm³/mol. The van der Waals surface area contributed by atoms with Gasteiger partial charge in [-0.05, 0) is 43.2 Å². The van der Waals surface area contributed by atoms with Crippen LogP contribution in [0.2, 0.25) is 0 Å². The van der Waals surface area contributed by atoms with Crippen LogP contribution in [0, 0.1) is 16.0 Å². The normalized spacial score (nSPS) is 19.3. The molecule has 1 unspecified atom stereocenters. The van der Waals surface area contributed by atoms with Gasteiger partial charge in [0.2, 0.25) is 5.91 Å². The van der Waals surface area contributed by atoms with Crippen molar-refractivity contribution in [1.82, 2.24) is 9.88 Å². The van der Waals surface area contributed by atoms with E-state index in [9.17, 15) is 14.9 Å². The number of pyridine rings is 1. The molecule has 0 spiro atoms. The van der Waals surface area contributed by atoms with Crippen molar-refractivity contribution < 1.29 is 14.5 Å². The van der Waals surface area contributed by atoms with Gasteiger partial charge in [-0.25, -0.2) is 4.98 Å². The molecule has 9 heteroatoms. The van der Waals surface area contributed by atoms with Gasteiger partial charge in [0, 0.05) is 51.0 Å². The molecule has 0 bridgehead atoms. The van der Waals surface area contributed by atoms with Crippen molar-refractivity contribution in [2.24, 2.45) is 5.92 Å². The first kappa shape index (κ1) is 20.9. The molecule has 164 valence electrons. The Kier molecular flexibility index (Phi) is 6.20. The summed E-state index contributed by atoms with van der Waals surface area (Å²) in [6.07, 6.45) is 3.04. The number of carbonyl (C=O) groups excluding carboxylic acids is 1. The minimum Gasteiger partial charge on any atom is -0.497 e. The molecular formula is C22H27N5O4. The van der Waals surface area contributed by atoms with Gasteiger partial charge in [-0.2, -0.15) is 0 Å². The van der Waals surface area contributed by atoms with Crippen molar-refractivity contribution in [2.45, 2.75) is 12.8 Å². The van der Waals surface area contributed by atoms with E-state index in [4.69, 9.17) is 4.74 Å². The average molecular weight is 425 g/mol. The zero-order valence-corrected chi connectivity index (χ0v) is 17.6. The van der Waals surface area contributed by atoms with E-state index < -0.39 is 4.92 Å². The Morgan fingerprint density at radius 2 is 1.81 bits per heavy atom. The van der Waals surface area contributed by atoms with Gasteiger partial charge in [0.15, 0.2) is 0 Å². The summed E-state index contributed by atoms with van der Waals surface area (Å²) in [5, 5.41) is 10.8. The standard InChI is InChI=1S/C22H27N5O4/c1-31-20-7-4-18(5-8-20)24-11-13-25(14-12-24)22(28)17-3-2-10-26(16-17)21-9-6-19(15-23-21)27(29)30/h4-9,15,17H,2-3,10-14,16H2,1H3. The summed E-state index contributed by atoms with van der Waals surface area (Å²) >= 11 is 0. The van der Waals surface area contributed by atoms with Crippen molar-refractivity contribution in [1.29, 1.82) is 0 Å². The van der Waals surface area contributed by atoms with Crippen LogP contribution < -0.4 is 14.5 Å². The highest BCUT2D eigenvalue weighted by molar-refractivity contribution is 5.80. The number of piperazine rings is 1. The van der Waals surface area contributed by atoms with E-state index in [1.807, 2.05) is 29.2 Å². The van der Waals surface area contributed by atoms with Crippen molar-refractivity contribution in [3.8, 4) is 5.75 Å². The SMILES string of the molecule is COc1ccc(N2CCN(C(=O)C3CCCN(c4ccc([N+](=O)[O-])cn4)C3)CC2)cc1. The molecule has 0 saturated carbocycles. The van der Waals surface area contributed by atoms with Gasteiger partial charge >= 0.3 is 0 Å². The number of anilines is 2. The maximum Gasteiger partial charge on any atom is 0.287 e. The van der Waals surface area contributed by atoms with Crippen molar-refractivity contribution in [3.05, 3.63) is 52.7 Å². The molecule has 0 N–H and O–H groups in total. The number of hydrogen-bond acceptors (Lipinski definition) is 7. The van der Waals surface area contributed by atoms with E-state index in [2.05, 4.69) is 14.8 Å². The van der Waals surface area contributed by atoms with E-state index in [1.54, 1.807) is 13.2 Å². The number of rotatable bonds is 5. The summed E-state index contributed by atoms with van der Waals surface area (Å²) in [5.74, 6) is 1.65. The summed E-state index contributed by atoms with van der Waals surface area (Å²) in [5.41, 5.74) is 1.11. The van der Waals surface area contributed by atoms with Crippen LogP contribution in [-0.2, 0) is 4.79 Å². The third kappa shape index (κ3) is 4.70. The fraction of sp³-hybridized carbons (Fsp3) is 0.455. The summed E-state index contributed by atoms with van der Waals surface area (Å²) in [6.45, 7) is 4.42. The van der Waals surface area contributed by atoms with Crippen LogP contribution in [0.5, 0.6) is 5.75 Å². The molecule has 1 amide bonds. The molecule has 2 aliphatic rings. The molecule has 1 atom stereocenters. The number of amides is 1. The smallest absolute Gasteiger partial charge is 0.287 e. The van der Waals surface area contributed by atoms with E-state index >= 15 is 0 Å². The van der Waals surface area contributed by atoms with Crippen molar-refractivity contribution >= 4 is 23.1 Å².